The monoisotopic (exact) mass is 523 g/mol. The number of Topliss-reactive ketones (excluding diaryl/α,β-unsaturated/α-hetero) is 1. The Kier molecular flexibility index (Phi) is 7.50. The number of phenols is 1. The number of methoxy groups -OCH3 is 1. The largest absolute Gasteiger partial charge is 0.504 e. The molecule has 39 heavy (non-hydrogen) atoms. The summed E-state index contributed by atoms with van der Waals surface area (Å²) in [7, 11) is 3.38. The highest BCUT2D eigenvalue weighted by atomic mass is 16.5. The molecule has 4 aromatic rings. The van der Waals surface area contributed by atoms with Gasteiger partial charge < -0.3 is 14.7 Å². The second-order valence-electron chi connectivity index (χ2n) is 10.2. The number of carbonyl (C=O) groups excluding carboxylic acids is 2. The molecule has 0 radical (unpaired) electrons. The number of ketones is 1. The highest BCUT2D eigenvalue weighted by molar-refractivity contribution is 5.99. The molecule has 7 heteroatoms. The second-order valence-corrected chi connectivity index (χ2v) is 10.2. The van der Waals surface area contributed by atoms with Crippen LogP contribution in [0.3, 0.4) is 0 Å². The first kappa shape index (κ1) is 26.2. The van der Waals surface area contributed by atoms with Gasteiger partial charge in [-0.15, -0.1) is 0 Å². The van der Waals surface area contributed by atoms with Crippen LogP contribution in [0.25, 0.3) is 11.1 Å². The fraction of sp³-hybridized carbons (Fsp3) is 0.281. The molecular formula is C32H33N3O4. The van der Waals surface area contributed by atoms with Gasteiger partial charge in [0.25, 0.3) is 5.91 Å². The number of phenolic OH excluding ortho intramolecular Hbond substituents is 1. The van der Waals surface area contributed by atoms with Gasteiger partial charge >= 0.3 is 0 Å². The van der Waals surface area contributed by atoms with Gasteiger partial charge in [0, 0.05) is 49.4 Å². The maximum atomic E-state index is 13.4. The van der Waals surface area contributed by atoms with Gasteiger partial charge in [-0.05, 0) is 78.3 Å². The molecule has 0 saturated carbocycles. The molecule has 0 unspecified atom stereocenters. The van der Waals surface area contributed by atoms with Crippen molar-refractivity contribution in [2.75, 3.05) is 20.2 Å². The van der Waals surface area contributed by atoms with Gasteiger partial charge in [-0.1, -0.05) is 30.3 Å². The molecule has 2 heterocycles. The molecule has 5 rings (SSSR count). The Hall–Kier alpha value is -4.39. The van der Waals surface area contributed by atoms with Crippen molar-refractivity contribution in [3.05, 3.63) is 101 Å². The molecule has 1 saturated heterocycles. The molecule has 7 nitrogen and oxygen atoms in total. The van der Waals surface area contributed by atoms with E-state index in [1.54, 1.807) is 16.8 Å². The lowest BCUT2D eigenvalue weighted by Gasteiger charge is -2.32. The Morgan fingerprint density at radius 1 is 0.974 bits per heavy atom. The number of hydrogen-bond donors (Lipinski definition) is 1. The molecule has 1 fully saturated rings. The van der Waals surface area contributed by atoms with E-state index in [1.807, 2.05) is 49.5 Å². The standard InChI is InChI=1S/C32H33N3O4/c1-21-4-5-26(16-27(21)18-29(36)25-10-11-31(39-3)30(37)17-25)32(38)35-14-12-24(13-15-35)22-6-8-23(9-7-22)28-19-33-34(2)20-28/h4-11,16-17,19-20,24,37H,12-15,18H2,1-3H3. The summed E-state index contributed by atoms with van der Waals surface area (Å²) < 4.78 is 6.87. The Bertz CT molecular complexity index is 1500. The second kappa shape index (κ2) is 11.2. The third-order valence-corrected chi connectivity index (χ3v) is 7.65. The smallest absolute Gasteiger partial charge is 0.253 e. The zero-order valence-electron chi connectivity index (χ0n) is 22.6. The van der Waals surface area contributed by atoms with Crippen molar-refractivity contribution >= 4 is 11.7 Å². The number of likely N-dealkylation sites (tertiary alicyclic amines) is 1. The van der Waals surface area contributed by atoms with Gasteiger partial charge in [0.05, 0.1) is 13.3 Å². The summed E-state index contributed by atoms with van der Waals surface area (Å²) in [5, 5.41) is 14.3. The topological polar surface area (TPSA) is 84.7 Å². The molecule has 1 amide bonds. The summed E-state index contributed by atoms with van der Waals surface area (Å²) in [6, 6.07) is 18.9. The van der Waals surface area contributed by atoms with Gasteiger partial charge in [-0.3, -0.25) is 14.3 Å². The first-order valence-electron chi connectivity index (χ1n) is 13.2. The zero-order chi connectivity index (χ0) is 27.5. The quantitative estimate of drug-likeness (QED) is 0.321. The Labute approximate surface area is 228 Å². The van der Waals surface area contributed by atoms with Crippen LogP contribution in [0.15, 0.2) is 73.1 Å². The first-order chi connectivity index (χ1) is 18.8. The Balaban J connectivity index is 1.22. The van der Waals surface area contributed by atoms with Crippen LogP contribution in [0.2, 0.25) is 0 Å². The minimum atomic E-state index is -0.129. The lowest BCUT2D eigenvalue weighted by Crippen LogP contribution is -2.38. The molecule has 200 valence electrons. The van der Waals surface area contributed by atoms with Gasteiger partial charge in [0.1, 0.15) is 0 Å². The summed E-state index contributed by atoms with van der Waals surface area (Å²) in [6.07, 6.45) is 5.85. The van der Waals surface area contributed by atoms with Gasteiger partial charge in [0.2, 0.25) is 0 Å². The number of amides is 1. The predicted octanol–water partition coefficient (Wildman–Crippen LogP) is 5.55. The lowest BCUT2D eigenvalue weighted by molar-refractivity contribution is 0.0712. The molecule has 0 bridgehead atoms. The molecule has 0 atom stereocenters. The summed E-state index contributed by atoms with van der Waals surface area (Å²) in [5.74, 6) is 0.536. The summed E-state index contributed by atoms with van der Waals surface area (Å²) in [6.45, 7) is 3.33. The van der Waals surface area contributed by atoms with Crippen molar-refractivity contribution in [1.29, 1.82) is 0 Å². The van der Waals surface area contributed by atoms with Crippen molar-refractivity contribution in [1.82, 2.24) is 14.7 Å². The molecular weight excluding hydrogens is 490 g/mol. The lowest BCUT2D eigenvalue weighted by atomic mass is 9.88. The van der Waals surface area contributed by atoms with Crippen LogP contribution >= 0.6 is 0 Å². The van der Waals surface area contributed by atoms with Crippen molar-refractivity contribution in [2.24, 2.45) is 7.05 Å². The Morgan fingerprint density at radius 2 is 1.69 bits per heavy atom. The molecule has 0 spiro atoms. The molecule has 1 N–H and O–H groups in total. The van der Waals surface area contributed by atoms with E-state index in [1.165, 1.54) is 18.7 Å². The summed E-state index contributed by atoms with van der Waals surface area (Å²) in [4.78, 5) is 28.2. The van der Waals surface area contributed by atoms with E-state index < -0.39 is 0 Å². The van der Waals surface area contributed by atoms with E-state index in [4.69, 9.17) is 4.74 Å². The minimum Gasteiger partial charge on any atom is -0.504 e. The van der Waals surface area contributed by atoms with Crippen molar-refractivity contribution in [3.63, 3.8) is 0 Å². The van der Waals surface area contributed by atoms with Gasteiger partial charge in [-0.25, -0.2) is 0 Å². The average molecular weight is 524 g/mol. The number of carbonyl (C=O) groups is 2. The number of rotatable bonds is 7. The maximum absolute atomic E-state index is 13.4. The highest BCUT2D eigenvalue weighted by Crippen LogP contribution is 2.31. The molecule has 0 aliphatic carbocycles. The number of aryl methyl sites for hydroxylation is 2. The highest BCUT2D eigenvalue weighted by Gasteiger charge is 2.25. The van der Waals surface area contributed by atoms with Crippen molar-refractivity contribution in [3.8, 4) is 22.6 Å². The molecule has 1 aromatic heterocycles. The predicted molar refractivity (Wildman–Crippen MR) is 150 cm³/mol. The van der Waals surface area contributed by atoms with E-state index in [0.29, 0.717) is 35.9 Å². The van der Waals surface area contributed by atoms with E-state index in [9.17, 15) is 14.7 Å². The first-order valence-corrected chi connectivity index (χ1v) is 13.2. The number of ether oxygens (including phenoxy) is 1. The van der Waals surface area contributed by atoms with Gasteiger partial charge in [0.15, 0.2) is 17.3 Å². The molecule has 1 aliphatic rings. The SMILES string of the molecule is COc1ccc(C(=O)Cc2cc(C(=O)N3CCC(c4ccc(-c5cnn(C)c5)cc4)CC3)ccc2C)cc1O. The fourth-order valence-electron chi connectivity index (χ4n) is 5.25. The third kappa shape index (κ3) is 5.72. The number of nitrogens with zero attached hydrogens (tertiary/aromatic N) is 3. The van der Waals surface area contributed by atoms with E-state index in [0.717, 1.165) is 35.1 Å². The van der Waals surface area contributed by atoms with E-state index in [2.05, 4.69) is 29.4 Å². The van der Waals surface area contributed by atoms with E-state index >= 15 is 0 Å². The average Bonchev–Trinajstić information content (AvgIpc) is 3.40. The van der Waals surface area contributed by atoms with Crippen LogP contribution in [0.5, 0.6) is 11.5 Å². The molecule has 1 aliphatic heterocycles. The molecule has 3 aromatic carbocycles. The fourth-order valence-corrected chi connectivity index (χ4v) is 5.25. The van der Waals surface area contributed by atoms with Crippen LogP contribution < -0.4 is 4.74 Å². The normalized spacial score (nSPS) is 13.9. The summed E-state index contributed by atoms with van der Waals surface area (Å²) >= 11 is 0. The van der Waals surface area contributed by atoms with Crippen LogP contribution in [0.4, 0.5) is 0 Å². The maximum Gasteiger partial charge on any atom is 0.253 e. The van der Waals surface area contributed by atoms with Crippen molar-refractivity contribution in [2.45, 2.75) is 32.1 Å². The zero-order valence-corrected chi connectivity index (χ0v) is 22.6. The number of aromatic hydroxyl groups is 1. The van der Waals surface area contributed by atoms with Crippen LogP contribution in [0, 0.1) is 6.92 Å². The van der Waals surface area contributed by atoms with Crippen LogP contribution in [0.1, 0.15) is 56.2 Å². The number of benzene rings is 3. The van der Waals surface area contributed by atoms with Crippen LogP contribution in [-0.2, 0) is 13.5 Å². The summed E-state index contributed by atoms with van der Waals surface area (Å²) in [5.41, 5.74) is 6.31. The third-order valence-electron chi connectivity index (χ3n) is 7.65. The number of piperidine rings is 1. The van der Waals surface area contributed by atoms with Crippen molar-refractivity contribution < 1.29 is 19.4 Å². The van der Waals surface area contributed by atoms with Crippen LogP contribution in [-0.4, -0.2) is 51.7 Å². The number of hydrogen-bond acceptors (Lipinski definition) is 5. The number of aromatic nitrogens is 2. The van der Waals surface area contributed by atoms with Gasteiger partial charge in [-0.2, -0.15) is 5.10 Å². The Morgan fingerprint density at radius 3 is 2.33 bits per heavy atom. The minimum absolute atomic E-state index is 0.00355. The van der Waals surface area contributed by atoms with E-state index in [-0.39, 0.29) is 23.9 Å².